The summed E-state index contributed by atoms with van der Waals surface area (Å²) in [6.07, 6.45) is 1.31. The molecule has 1 saturated heterocycles. The van der Waals surface area contributed by atoms with Crippen LogP contribution < -0.4 is 4.74 Å². The summed E-state index contributed by atoms with van der Waals surface area (Å²) in [5, 5.41) is 0. The number of piperidine rings is 1. The van der Waals surface area contributed by atoms with Crippen LogP contribution in [0.3, 0.4) is 0 Å². The Hall–Kier alpha value is -3.63. The zero-order valence-corrected chi connectivity index (χ0v) is 18.2. The van der Waals surface area contributed by atoms with E-state index < -0.39 is 11.9 Å². The number of amides is 1. The fourth-order valence-corrected chi connectivity index (χ4v) is 4.32. The standard InChI is InChI=1S/C23H21F3N6O2/c1-13-3-4-17(20-27-6-2-7-28-20)19(30-13)21(33)32-11-15-9-14(15)10-16(32)12-34-22-29-8-5-18(31-22)23(24,25)26/h2-8,14-16H,9-12H2,1H3. The molecule has 0 spiro atoms. The van der Waals surface area contributed by atoms with Crippen LogP contribution in [0.2, 0.25) is 0 Å². The normalized spacial score (nSPS) is 21.6. The molecule has 176 valence electrons. The van der Waals surface area contributed by atoms with Crippen molar-refractivity contribution < 1.29 is 22.7 Å². The maximum atomic E-state index is 13.7. The Morgan fingerprint density at radius 2 is 1.85 bits per heavy atom. The van der Waals surface area contributed by atoms with Crippen molar-refractivity contribution in [3.8, 4) is 17.4 Å². The number of likely N-dealkylation sites (tertiary alicyclic amines) is 1. The SMILES string of the molecule is Cc1ccc(-c2ncccn2)c(C(=O)N2CC3CC3CC2COc2nccc(C(F)(F)F)n2)n1. The number of hydrogen-bond donors (Lipinski definition) is 0. The van der Waals surface area contributed by atoms with Crippen LogP contribution in [0.1, 0.15) is 34.7 Å². The molecule has 3 unspecified atom stereocenters. The van der Waals surface area contributed by atoms with Crippen molar-refractivity contribution in [3.63, 3.8) is 0 Å². The van der Waals surface area contributed by atoms with E-state index in [9.17, 15) is 18.0 Å². The number of aryl methyl sites for hydroxylation is 1. The van der Waals surface area contributed by atoms with Crippen molar-refractivity contribution >= 4 is 5.91 Å². The van der Waals surface area contributed by atoms with E-state index in [2.05, 4.69) is 24.9 Å². The minimum absolute atomic E-state index is 0.0146. The van der Waals surface area contributed by atoms with Gasteiger partial charge in [0.15, 0.2) is 11.5 Å². The second kappa shape index (κ2) is 8.62. The van der Waals surface area contributed by atoms with Crippen molar-refractivity contribution in [2.75, 3.05) is 13.2 Å². The van der Waals surface area contributed by atoms with Gasteiger partial charge in [-0.15, -0.1) is 0 Å². The molecule has 0 N–H and O–H groups in total. The number of pyridine rings is 1. The number of rotatable bonds is 5. The molecular formula is C23H21F3N6O2. The molecule has 11 heteroatoms. The largest absolute Gasteiger partial charge is 0.461 e. The van der Waals surface area contributed by atoms with Gasteiger partial charge < -0.3 is 9.64 Å². The van der Waals surface area contributed by atoms with E-state index in [1.807, 2.05) is 0 Å². The fraction of sp³-hybridized carbons (Fsp3) is 0.391. The van der Waals surface area contributed by atoms with Crippen molar-refractivity contribution in [1.82, 2.24) is 29.8 Å². The van der Waals surface area contributed by atoms with Crippen LogP contribution in [0.15, 0.2) is 42.9 Å². The van der Waals surface area contributed by atoms with Crippen molar-refractivity contribution in [3.05, 3.63) is 59.9 Å². The molecule has 2 fully saturated rings. The Kier molecular flexibility index (Phi) is 5.62. The minimum Gasteiger partial charge on any atom is -0.461 e. The molecule has 8 nitrogen and oxygen atoms in total. The maximum absolute atomic E-state index is 13.7. The number of alkyl halides is 3. The first kappa shape index (κ1) is 22.2. The predicted octanol–water partition coefficient (Wildman–Crippen LogP) is 3.59. The molecule has 1 aliphatic heterocycles. The molecule has 5 rings (SSSR count). The van der Waals surface area contributed by atoms with E-state index in [4.69, 9.17) is 4.74 Å². The van der Waals surface area contributed by atoms with Gasteiger partial charge in [0.2, 0.25) is 0 Å². The number of fused-ring (bicyclic) bond motifs is 1. The highest BCUT2D eigenvalue weighted by Gasteiger charge is 2.48. The molecule has 0 bridgehead atoms. The first-order valence-electron chi connectivity index (χ1n) is 10.9. The number of carbonyl (C=O) groups is 1. The lowest BCUT2D eigenvalue weighted by atomic mass is 10.0. The molecule has 3 atom stereocenters. The van der Waals surface area contributed by atoms with Gasteiger partial charge in [-0.3, -0.25) is 4.79 Å². The zero-order valence-electron chi connectivity index (χ0n) is 18.2. The molecule has 0 radical (unpaired) electrons. The van der Waals surface area contributed by atoms with Crippen LogP contribution in [-0.4, -0.2) is 54.9 Å². The minimum atomic E-state index is -4.60. The summed E-state index contributed by atoms with van der Waals surface area (Å²) in [5.41, 5.74) is 0.364. The van der Waals surface area contributed by atoms with Crippen LogP contribution in [0.25, 0.3) is 11.4 Å². The van der Waals surface area contributed by atoms with Crippen LogP contribution in [0, 0.1) is 18.8 Å². The van der Waals surface area contributed by atoms with Gasteiger partial charge >= 0.3 is 12.2 Å². The summed E-state index contributed by atoms with van der Waals surface area (Å²) in [5.74, 6) is 0.994. The lowest BCUT2D eigenvalue weighted by molar-refractivity contribution is -0.141. The molecule has 34 heavy (non-hydrogen) atoms. The molecule has 3 aromatic rings. The number of carbonyl (C=O) groups excluding carboxylic acids is 1. The summed E-state index contributed by atoms with van der Waals surface area (Å²) in [7, 11) is 0. The number of ether oxygens (including phenoxy) is 1. The number of halogens is 3. The van der Waals surface area contributed by atoms with Gasteiger partial charge in [-0.2, -0.15) is 18.2 Å². The van der Waals surface area contributed by atoms with E-state index in [0.717, 1.165) is 18.7 Å². The van der Waals surface area contributed by atoms with Gasteiger partial charge in [-0.1, -0.05) is 0 Å². The zero-order chi connectivity index (χ0) is 23.9. The average molecular weight is 470 g/mol. The first-order valence-corrected chi connectivity index (χ1v) is 10.9. The third-order valence-electron chi connectivity index (χ3n) is 6.15. The van der Waals surface area contributed by atoms with Crippen LogP contribution >= 0.6 is 0 Å². The van der Waals surface area contributed by atoms with Crippen LogP contribution in [-0.2, 0) is 6.18 Å². The summed E-state index contributed by atoms with van der Waals surface area (Å²) < 4.78 is 44.5. The van der Waals surface area contributed by atoms with Crippen LogP contribution in [0.4, 0.5) is 13.2 Å². The Bertz CT molecular complexity index is 1210. The summed E-state index contributed by atoms with van der Waals surface area (Å²) in [6.45, 7) is 2.32. The molecule has 1 saturated carbocycles. The Morgan fingerprint density at radius 1 is 1.06 bits per heavy atom. The first-order chi connectivity index (χ1) is 16.3. The molecule has 2 aliphatic rings. The van der Waals surface area contributed by atoms with Gasteiger partial charge in [0.05, 0.1) is 11.6 Å². The fourth-order valence-electron chi connectivity index (χ4n) is 4.32. The summed E-state index contributed by atoms with van der Waals surface area (Å²) >= 11 is 0. The van der Waals surface area contributed by atoms with Crippen molar-refractivity contribution in [2.45, 2.75) is 32.0 Å². The Labute approximate surface area is 193 Å². The van der Waals surface area contributed by atoms with Gasteiger partial charge in [0.1, 0.15) is 12.3 Å². The Balaban J connectivity index is 1.40. The topological polar surface area (TPSA) is 94.0 Å². The molecule has 1 amide bonds. The highest BCUT2D eigenvalue weighted by Crippen LogP contribution is 2.47. The van der Waals surface area contributed by atoms with Crippen molar-refractivity contribution in [1.29, 1.82) is 0 Å². The molecule has 1 aliphatic carbocycles. The highest BCUT2D eigenvalue weighted by molar-refractivity contribution is 5.98. The van der Waals surface area contributed by atoms with E-state index in [-0.39, 0.29) is 30.3 Å². The lowest BCUT2D eigenvalue weighted by Crippen LogP contribution is -2.48. The van der Waals surface area contributed by atoms with E-state index in [0.29, 0.717) is 41.9 Å². The average Bonchev–Trinajstić information content (AvgIpc) is 3.60. The number of nitrogens with zero attached hydrogens (tertiary/aromatic N) is 6. The van der Waals surface area contributed by atoms with E-state index in [1.54, 1.807) is 42.4 Å². The smallest absolute Gasteiger partial charge is 0.433 e. The summed E-state index contributed by atoms with van der Waals surface area (Å²) in [4.78, 5) is 35.7. The quantitative estimate of drug-likeness (QED) is 0.563. The molecule has 3 aromatic heterocycles. The van der Waals surface area contributed by atoms with Gasteiger partial charge in [0.25, 0.3) is 5.91 Å². The molecule has 0 aromatic carbocycles. The van der Waals surface area contributed by atoms with E-state index >= 15 is 0 Å². The predicted molar refractivity (Wildman–Crippen MR) is 114 cm³/mol. The second-order valence-electron chi connectivity index (χ2n) is 8.56. The van der Waals surface area contributed by atoms with Crippen LogP contribution in [0.5, 0.6) is 6.01 Å². The molecular weight excluding hydrogens is 449 g/mol. The second-order valence-corrected chi connectivity index (χ2v) is 8.56. The molecule has 4 heterocycles. The van der Waals surface area contributed by atoms with Gasteiger partial charge in [-0.25, -0.2) is 19.9 Å². The lowest BCUT2D eigenvalue weighted by Gasteiger charge is -2.35. The monoisotopic (exact) mass is 470 g/mol. The highest BCUT2D eigenvalue weighted by atomic mass is 19.4. The van der Waals surface area contributed by atoms with Gasteiger partial charge in [-0.05, 0) is 55.9 Å². The van der Waals surface area contributed by atoms with E-state index in [1.165, 1.54) is 0 Å². The third-order valence-corrected chi connectivity index (χ3v) is 6.15. The number of aromatic nitrogens is 5. The van der Waals surface area contributed by atoms with Crippen molar-refractivity contribution in [2.24, 2.45) is 11.8 Å². The Morgan fingerprint density at radius 3 is 2.62 bits per heavy atom. The van der Waals surface area contributed by atoms with Gasteiger partial charge in [0, 0.05) is 30.8 Å². The number of hydrogen-bond acceptors (Lipinski definition) is 7. The maximum Gasteiger partial charge on any atom is 0.433 e. The third kappa shape index (κ3) is 4.55. The summed E-state index contributed by atoms with van der Waals surface area (Å²) in [6, 6.07) is 5.33.